The van der Waals surface area contributed by atoms with Crippen molar-refractivity contribution in [2.24, 2.45) is 0 Å². The van der Waals surface area contributed by atoms with Crippen LogP contribution in [-0.2, 0) is 21.5 Å². The number of carbonyl (C=O) groups excluding carboxylic acids is 3. The largest absolute Gasteiger partial charge is 0.325 e. The molecule has 6 nitrogen and oxygen atoms in total. The molecule has 5 rings (SSSR count). The molecule has 156 valence electrons. The van der Waals surface area contributed by atoms with Crippen LogP contribution >= 0.6 is 0 Å². The number of amides is 4. The molecule has 1 heterocycles. The Morgan fingerprint density at radius 2 is 1.74 bits per heavy atom. The van der Waals surface area contributed by atoms with Crippen molar-refractivity contribution in [2.75, 3.05) is 11.9 Å². The monoisotopic (exact) mass is 413 g/mol. The Kier molecular flexibility index (Phi) is 4.70. The van der Waals surface area contributed by atoms with E-state index in [0.29, 0.717) is 12.1 Å². The molecule has 0 unspecified atom stereocenters. The number of hydrogen-bond acceptors (Lipinski definition) is 3. The molecule has 4 amide bonds. The minimum Gasteiger partial charge on any atom is -0.325 e. The average molecular weight is 413 g/mol. The van der Waals surface area contributed by atoms with Gasteiger partial charge in [-0.1, -0.05) is 54.6 Å². The Morgan fingerprint density at radius 1 is 0.968 bits per heavy atom. The number of benzene rings is 3. The highest BCUT2D eigenvalue weighted by Crippen LogP contribution is 2.38. The molecule has 1 fully saturated rings. The molecule has 3 aromatic carbocycles. The number of aryl methyl sites for hydroxylation is 1. The van der Waals surface area contributed by atoms with E-state index in [0.717, 1.165) is 46.1 Å². The molecule has 2 N–H and O–H groups in total. The summed E-state index contributed by atoms with van der Waals surface area (Å²) in [7, 11) is 0. The van der Waals surface area contributed by atoms with Gasteiger partial charge >= 0.3 is 6.03 Å². The van der Waals surface area contributed by atoms with Crippen LogP contribution in [0.3, 0.4) is 0 Å². The van der Waals surface area contributed by atoms with Crippen LogP contribution in [0.2, 0.25) is 0 Å². The Bertz CT molecular complexity index is 1210. The zero-order chi connectivity index (χ0) is 21.4. The van der Waals surface area contributed by atoms with E-state index in [1.54, 1.807) is 0 Å². The van der Waals surface area contributed by atoms with E-state index in [4.69, 9.17) is 0 Å². The predicted molar refractivity (Wildman–Crippen MR) is 118 cm³/mol. The minimum absolute atomic E-state index is 0.318. The van der Waals surface area contributed by atoms with E-state index >= 15 is 0 Å². The van der Waals surface area contributed by atoms with Gasteiger partial charge in [-0.25, -0.2) is 4.79 Å². The Hall–Kier alpha value is -3.67. The normalized spacial score (nSPS) is 20.5. The molecule has 1 spiro atoms. The smallest absolute Gasteiger partial charge is 0.325 e. The summed E-state index contributed by atoms with van der Waals surface area (Å²) in [5.41, 5.74) is 1.48. The summed E-state index contributed by atoms with van der Waals surface area (Å²) in [6.07, 6.45) is 3.21. The number of urea groups is 1. The van der Waals surface area contributed by atoms with Crippen LogP contribution in [-0.4, -0.2) is 29.3 Å². The van der Waals surface area contributed by atoms with Crippen molar-refractivity contribution < 1.29 is 14.4 Å². The van der Waals surface area contributed by atoms with E-state index in [2.05, 4.69) is 10.6 Å². The number of carbonyl (C=O) groups is 3. The van der Waals surface area contributed by atoms with Crippen LogP contribution in [0, 0.1) is 0 Å². The van der Waals surface area contributed by atoms with Crippen LogP contribution in [0.5, 0.6) is 0 Å². The van der Waals surface area contributed by atoms with E-state index in [9.17, 15) is 14.4 Å². The molecular formula is C25H23N3O3. The second kappa shape index (κ2) is 7.54. The summed E-state index contributed by atoms with van der Waals surface area (Å²) < 4.78 is 0. The van der Waals surface area contributed by atoms with E-state index in [-0.39, 0.29) is 12.5 Å². The first-order valence-corrected chi connectivity index (χ1v) is 10.6. The first-order valence-electron chi connectivity index (χ1n) is 10.6. The zero-order valence-electron chi connectivity index (χ0n) is 17.1. The van der Waals surface area contributed by atoms with Crippen LogP contribution in [0.25, 0.3) is 10.8 Å². The summed E-state index contributed by atoms with van der Waals surface area (Å²) in [5.74, 6) is -0.752. The quantitative estimate of drug-likeness (QED) is 0.638. The Labute approximate surface area is 180 Å². The molecule has 6 heteroatoms. The summed E-state index contributed by atoms with van der Waals surface area (Å²) in [5, 5.41) is 7.80. The topological polar surface area (TPSA) is 78.5 Å². The second-order valence-electron chi connectivity index (χ2n) is 8.20. The lowest BCUT2D eigenvalue weighted by Gasteiger charge is -2.27. The van der Waals surface area contributed by atoms with E-state index in [1.165, 1.54) is 0 Å². The standard InChI is InChI=1S/C25H23N3O3/c29-22(26-20-13-12-17-7-1-2-10-19(17)15-20)16-28-23(30)25(27-24(28)31)14-6-5-9-18-8-3-4-11-21(18)25/h1-4,7-8,10-13,15H,5-6,9,14,16H2,(H,26,29)(H,27,31)/t25-/m1/s1. The number of fused-ring (bicyclic) bond motifs is 3. The van der Waals surface area contributed by atoms with Gasteiger partial charge in [-0.3, -0.25) is 14.5 Å². The highest BCUT2D eigenvalue weighted by molar-refractivity contribution is 6.10. The number of nitrogens with one attached hydrogen (secondary N) is 2. The first-order chi connectivity index (χ1) is 15.1. The predicted octanol–water partition coefficient (Wildman–Crippen LogP) is 3.95. The van der Waals surface area contributed by atoms with Crippen molar-refractivity contribution in [3.05, 3.63) is 77.9 Å². The molecule has 1 aliphatic carbocycles. The molecule has 2 aliphatic rings. The highest BCUT2D eigenvalue weighted by Gasteiger charge is 2.53. The van der Waals surface area contributed by atoms with Crippen molar-refractivity contribution in [3.63, 3.8) is 0 Å². The Morgan fingerprint density at radius 3 is 2.61 bits per heavy atom. The van der Waals surface area contributed by atoms with Crippen molar-refractivity contribution in [2.45, 2.75) is 31.2 Å². The van der Waals surface area contributed by atoms with Gasteiger partial charge in [0.1, 0.15) is 12.1 Å². The lowest BCUT2D eigenvalue weighted by Crippen LogP contribution is -2.44. The third-order valence-electron chi connectivity index (χ3n) is 6.24. The molecule has 0 aromatic heterocycles. The molecule has 31 heavy (non-hydrogen) atoms. The van der Waals surface area contributed by atoms with Gasteiger partial charge in [0.25, 0.3) is 5.91 Å². The summed E-state index contributed by atoms with van der Waals surface area (Å²) in [4.78, 5) is 39.9. The SMILES string of the molecule is O=C(CN1C(=O)N[C@@]2(CCCCc3ccccc32)C1=O)Nc1ccc2ccccc2c1. The number of anilines is 1. The van der Waals surface area contributed by atoms with Crippen molar-refractivity contribution in [1.82, 2.24) is 10.2 Å². The number of nitrogens with zero attached hydrogens (tertiary/aromatic N) is 1. The van der Waals surface area contributed by atoms with Gasteiger partial charge in [0.15, 0.2) is 0 Å². The van der Waals surface area contributed by atoms with Crippen LogP contribution in [0.4, 0.5) is 10.5 Å². The summed E-state index contributed by atoms with van der Waals surface area (Å²) in [6.45, 7) is -0.318. The van der Waals surface area contributed by atoms with Crippen LogP contribution in [0.15, 0.2) is 66.7 Å². The molecule has 0 bridgehead atoms. The van der Waals surface area contributed by atoms with Gasteiger partial charge < -0.3 is 10.6 Å². The first kappa shape index (κ1) is 19.3. The van der Waals surface area contributed by atoms with Gasteiger partial charge in [-0.05, 0) is 59.7 Å². The van der Waals surface area contributed by atoms with Crippen molar-refractivity contribution in [1.29, 1.82) is 0 Å². The summed E-state index contributed by atoms with van der Waals surface area (Å²) in [6, 6.07) is 20.7. The van der Waals surface area contributed by atoms with Gasteiger partial charge in [0, 0.05) is 5.69 Å². The van der Waals surface area contributed by atoms with E-state index in [1.807, 2.05) is 66.7 Å². The molecular weight excluding hydrogens is 390 g/mol. The lowest BCUT2D eigenvalue weighted by molar-refractivity contribution is -0.134. The number of hydrogen-bond donors (Lipinski definition) is 2. The fourth-order valence-corrected chi connectivity index (χ4v) is 4.73. The highest BCUT2D eigenvalue weighted by atomic mass is 16.2. The molecule has 1 saturated heterocycles. The molecule has 0 radical (unpaired) electrons. The Balaban J connectivity index is 1.37. The number of imide groups is 1. The lowest BCUT2D eigenvalue weighted by atomic mass is 9.84. The second-order valence-corrected chi connectivity index (χ2v) is 8.20. The fraction of sp³-hybridized carbons (Fsp3) is 0.240. The minimum atomic E-state index is -1.08. The van der Waals surface area contributed by atoms with Crippen LogP contribution < -0.4 is 10.6 Å². The maximum Gasteiger partial charge on any atom is 0.325 e. The summed E-state index contributed by atoms with van der Waals surface area (Å²) >= 11 is 0. The number of rotatable bonds is 3. The van der Waals surface area contributed by atoms with Crippen molar-refractivity contribution >= 4 is 34.3 Å². The van der Waals surface area contributed by atoms with Crippen LogP contribution in [0.1, 0.15) is 30.4 Å². The van der Waals surface area contributed by atoms with E-state index < -0.39 is 17.5 Å². The molecule has 3 aromatic rings. The van der Waals surface area contributed by atoms with Gasteiger partial charge in [-0.15, -0.1) is 0 Å². The van der Waals surface area contributed by atoms with Gasteiger partial charge in [0.2, 0.25) is 5.91 Å². The molecule has 1 aliphatic heterocycles. The maximum absolute atomic E-state index is 13.4. The van der Waals surface area contributed by atoms with Gasteiger partial charge in [0.05, 0.1) is 0 Å². The van der Waals surface area contributed by atoms with Crippen molar-refractivity contribution in [3.8, 4) is 0 Å². The molecule has 0 saturated carbocycles. The third-order valence-corrected chi connectivity index (χ3v) is 6.24. The molecule has 1 atom stereocenters. The average Bonchev–Trinajstić information content (AvgIpc) is 2.91. The fourth-order valence-electron chi connectivity index (χ4n) is 4.73. The maximum atomic E-state index is 13.4. The van der Waals surface area contributed by atoms with Gasteiger partial charge in [-0.2, -0.15) is 0 Å². The third kappa shape index (κ3) is 3.34. The zero-order valence-corrected chi connectivity index (χ0v) is 17.1.